The predicted octanol–water partition coefficient (Wildman–Crippen LogP) is 0.429. The molecule has 108 valence electrons. The van der Waals surface area contributed by atoms with Crippen molar-refractivity contribution in [2.45, 2.75) is 12.5 Å². The lowest BCUT2D eigenvalue weighted by Gasteiger charge is -2.35. The van der Waals surface area contributed by atoms with Crippen LogP contribution in [0.4, 0.5) is 0 Å². The number of hydrogen-bond acceptors (Lipinski definition) is 3. The molecule has 5 nitrogen and oxygen atoms in total. The van der Waals surface area contributed by atoms with Gasteiger partial charge in [0.25, 0.3) is 0 Å². The summed E-state index contributed by atoms with van der Waals surface area (Å²) >= 11 is 5.82. The number of benzene rings is 1. The minimum absolute atomic E-state index is 0.0394. The summed E-state index contributed by atoms with van der Waals surface area (Å²) in [6.45, 7) is 1.75. The van der Waals surface area contributed by atoms with Crippen LogP contribution in [0.2, 0.25) is 5.02 Å². The number of amides is 2. The molecular formula is C14H18ClN3O2. The number of likely N-dealkylation sites (N-methyl/N-ethyl adjacent to an activating group) is 1. The first-order valence-corrected chi connectivity index (χ1v) is 6.96. The maximum atomic E-state index is 12.4. The van der Waals surface area contributed by atoms with E-state index in [1.165, 1.54) is 0 Å². The molecule has 1 fully saturated rings. The zero-order valence-corrected chi connectivity index (χ0v) is 12.1. The van der Waals surface area contributed by atoms with Crippen LogP contribution in [-0.2, 0) is 16.0 Å². The molecule has 1 aromatic carbocycles. The molecule has 1 heterocycles. The molecule has 0 saturated carbocycles. The Labute approximate surface area is 123 Å². The van der Waals surface area contributed by atoms with Gasteiger partial charge in [-0.25, -0.2) is 0 Å². The Morgan fingerprint density at radius 2 is 2.10 bits per heavy atom. The quantitative estimate of drug-likeness (QED) is 0.850. The maximum Gasteiger partial charge on any atom is 0.243 e. The zero-order valence-electron chi connectivity index (χ0n) is 11.4. The van der Waals surface area contributed by atoms with Gasteiger partial charge in [0, 0.05) is 31.7 Å². The second kappa shape index (κ2) is 6.72. The second-order valence-corrected chi connectivity index (χ2v) is 5.16. The van der Waals surface area contributed by atoms with Crippen LogP contribution >= 0.6 is 11.6 Å². The van der Waals surface area contributed by atoms with E-state index in [9.17, 15) is 9.59 Å². The smallest absolute Gasteiger partial charge is 0.243 e. The van der Waals surface area contributed by atoms with Gasteiger partial charge in [-0.1, -0.05) is 23.7 Å². The van der Waals surface area contributed by atoms with Crippen molar-refractivity contribution in [2.75, 3.05) is 26.7 Å². The summed E-state index contributed by atoms with van der Waals surface area (Å²) in [6.07, 6.45) is 0.282. The molecule has 1 aliphatic heterocycles. The zero-order chi connectivity index (χ0) is 14.5. The van der Waals surface area contributed by atoms with Gasteiger partial charge < -0.3 is 15.5 Å². The monoisotopic (exact) mass is 295 g/mol. The lowest BCUT2D eigenvalue weighted by Crippen LogP contribution is -2.59. The molecule has 2 N–H and O–H groups in total. The van der Waals surface area contributed by atoms with Crippen LogP contribution in [-0.4, -0.2) is 49.4 Å². The highest BCUT2D eigenvalue weighted by Gasteiger charge is 2.31. The van der Waals surface area contributed by atoms with Crippen LogP contribution in [0.1, 0.15) is 5.56 Å². The number of nitrogens with one attached hydrogen (secondary N) is 2. The van der Waals surface area contributed by atoms with Gasteiger partial charge in [0.1, 0.15) is 6.04 Å². The van der Waals surface area contributed by atoms with E-state index in [0.29, 0.717) is 24.7 Å². The Bertz CT molecular complexity index is 490. The minimum Gasteiger partial charge on any atom is -0.357 e. The van der Waals surface area contributed by atoms with Crippen LogP contribution < -0.4 is 10.6 Å². The standard InChI is InChI=1S/C14H18ClN3O2/c1-16-14(20)12-9-17-6-7-18(12)13(19)8-10-2-4-11(15)5-3-10/h2-5,12,17H,6-9H2,1H3,(H,16,20). The number of nitrogens with zero attached hydrogens (tertiary/aromatic N) is 1. The Hall–Kier alpha value is -1.59. The summed E-state index contributed by atoms with van der Waals surface area (Å²) in [6, 6.07) is 6.75. The fraction of sp³-hybridized carbons (Fsp3) is 0.429. The highest BCUT2D eigenvalue weighted by molar-refractivity contribution is 6.30. The van der Waals surface area contributed by atoms with Gasteiger partial charge in [0.2, 0.25) is 11.8 Å². The van der Waals surface area contributed by atoms with E-state index in [1.807, 2.05) is 12.1 Å². The molecular weight excluding hydrogens is 278 g/mol. The Balaban J connectivity index is 2.05. The minimum atomic E-state index is -0.437. The van der Waals surface area contributed by atoms with E-state index in [-0.39, 0.29) is 18.2 Å². The van der Waals surface area contributed by atoms with Gasteiger partial charge in [-0.05, 0) is 17.7 Å². The van der Waals surface area contributed by atoms with Crippen molar-refractivity contribution in [1.82, 2.24) is 15.5 Å². The van der Waals surface area contributed by atoms with Crippen molar-refractivity contribution < 1.29 is 9.59 Å². The van der Waals surface area contributed by atoms with E-state index in [0.717, 1.165) is 5.56 Å². The lowest BCUT2D eigenvalue weighted by molar-refractivity contribution is -0.140. The van der Waals surface area contributed by atoms with E-state index in [2.05, 4.69) is 10.6 Å². The number of hydrogen-bond donors (Lipinski definition) is 2. The SMILES string of the molecule is CNC(=O)C1CNCCN1C(=O)Cc1ccc(Cl)cc1. The summed E-state index contributed by atoms with van der Waals surface area (Å²) in [5.41, 5.74) is 0.897. The van der Waals surface area contributed by atoms with Crippen molar-refractivity contribution in [3.05, 3.63) is 34.9 Å². The third-order valence-corrected chi connectivity index (χ3v) is 3.63. The summed E-state index contributed by atoms with van der Waals surface area (Å²) in [5, 5.41) is 6.38. The molecule has 1 atom stereocenters. The molecule has 6 heteroatoms. The first kappa shape index (κ1) is 14.8. The number of carbonyl (C=O) groups excluding carboxylic acids is 2. The number of piperazine rings is 1. The van der Waals surface area contributed by atoms with Crippen molar-refractivity contribution in [2.24, 2.45) is 0 Å². The molecule has 20 heavy (non-hydrogen) atoms. The second-order valence-electron chi connectivity index (χ2n) is 4.72. The number of carbonyl (C=O) groups is 2. The highest BCUT2D eigenvalue weighted by Crippen LogP contribution is 2.12. The molecule has 1 aliphatic rings. The van der Waals surface area contributed by atoms with Gasteiger partial charge in [-0.15, -0.1) is 0 Å². The summed E-state index contributed by atoms with van der Waals surface area (Å²) in [4.78, 5) is 25.8. The third-order valence-electron chi connectivity index (χ3n) is 3.38. The van der Waals surface area contributed by atoms with Crippen LogP contribution in [0.15, 0.2) is 24.3 Å². The molecule has 0 radical (unpaired) electrons. The molecule has 0 aromatic heterocycles. The average molecular weight is 296 g/mol. The Kier molecular flexibility index (Phi) is 4.98. The van der Waals surface area contributed by atoms with Gasteiger partial charge >= 0.3 is 0 Å². The van der Waals surface area contributed by atoms with Crippen LogP contribution in [0.5, 0.6) is 0 Å². The first-order valence-electron chi connectivity index (χ1n) is 6.58. The van der Waals surface area contributed by atoms with E-state index >= 15 is 0 Å². The van der Waals surface area contributed by atoms with Crippen LogP contribution in [0, 0.1) is 0 Å². The summed E-state index contributed by atoms with van der Waals surface area (Å²) in [7, 11) is 1.58. The summed E-state index contributed by atoms with van der Waals surface area (Å²) < 4.78 is 0. The van der Waals surface area contributed by atoms with E-state index < -0.39 is 6.04 Å². The molecule has 0 bridgehead atoms. The molecule has 1 unspecified atom stereocenters. The molecule has 0 aliphatic carbocycles. The topological polar surface area (TPSA) is 61.4 Å². The normalized spacial score (nSPS) is 18.7. The lowest BCUT2D eigenvalue weighted by atomic mass is 10.1. The Morgan fingerprint density at radius 3 is 2.75 bits per heavy atom. The van der Waals surface area contributed by atoms with Crippen molar-refractivity contribution in [1.29, 1.82) is 0 Å². The maximum absolute atomic E-state index is 12.4. The van der Waals surface area contributed by atoms with Crippen LogP contribution in [0.3, 0.4) is 0 Å². The fourth-order valence-electron chi connectivity index (χ4n) is 2.28. The van der Waals surface area contributed by atoms with E-state index in [1.54, 1.807) is 24.1 Å². The largest absolute Gasteiger partial charge is 0.357 e. The number of rotatable bonds is 3. The first-order chi connectivity index (χ1) is 9.61. The third kappa shape index (κ3) is 3.49. The molecule has 2 amide bonds. The highest BCUT2D eigenvalue weighted by atomic mass is 35.5. The van der Waals surface area contributed by atoms with Gasteiger partial charge in [0.15, 0.2) is 0 Å². The summed E-state index contributed by atoms with van der Waals surface area (Å²) in [5.74, 6) is -0.177. The van der Waals surface area contributed by atoms with Crippen molar-refractivity contribution in [3.63, 3.8) is 0 Å². The molecule has 2 rings (SSSR count). The van der Waals surface area contributed by atoms with Crippen molar-refractivity contribution in [3.8, 4) is 0 Å². The average Bonchev–Trinajstić information content (AvgIpc) is 2.48. The molecule has 0 spiro atoms. The van der Waals surface area contributed by atoms with Gasteiger partial charge in [-0.2, -0.15) is 0 Å². The van der Waals surface area contributed by atoms with Gasteiger partial charge in [0.05, 0.1) is 6.42 Å². The Morgan fingerprint density at radius 1 is 1.40 bits per heavy atom. The van der Waals surface area contributed by atoms with E-state index in [4.69, 9.17) is 11.6 Å². The van der Waals surface area contributed by atoms with Crippen molar-refractivity contribution >= 4 is 23.4 Å². The molecule has 1 saturated heterocycles. The molecule has 1 aromatic rings. The predicted molar refractivity (Wildman–Crippen MR) is 77.6 cm³/mol. The van der Waals surface area contributed by atoms with Gasteiger partial charge in [-0.3, -0.25) is 9.59 Å². The fourth-order valence-corrected chi connectivity index (χ4v) is 2.41. The van der Waals surface area contributed by atoms with Crippen LogP contribution in [0.25, 0.3) is 0 Å². The number of halogens is 1.